The fourth-order valence-electron chi connectivity index (χ4n) is 3.73. The number of halogens is 1. The van der Waals surface area contributed by atoms with Crippen LogP contribution in [0.4, 0.5) is 10.5 Å². The highest BCUT2D eigenvalue weighted by molar-refractivity contribution is 8.19. The first-order chi connectivity index (χ1) is 16.4. The van der Waals surface area contributed by atoms with Crippen molar-refractivity contribution in [3.63, 3.8) is 0 Å². The Bertz CT molecular complexity index is 1440. The third-order valence-corrected chi connectivity index (χ3v) is 6.83. The maximum absolute atomic E-state index is 13.3. The molecule has 1 aliphatic heterocycles. The summed E-state index contributed by atoms with van der Waals surface area (Å²) in [5.74, 6) is -0.340. The van der Waals surface area contributed by atoms with E-state index in [9.17, 15) is 9.59 Å². The molecule has 3 aromatic carbocycles. The maximum Gasteiger partial charge on any atom is 0.298 e. The minimum Gasteiger partial charge on any atom is -0.268 e. The SMILES string of the molecule is Cc1ccc(N2C(=O)S/C(=C\c3cn(-c4ccccc4)nc3-c3ccc(Cl)cc3)C2=O)cc1C. The van der Waals surface area contributed by atoms with Gasteiger partial charge in [0.05, 0.1) is 22.0 Å². The number of thioether (sulfide) groups is 1. The highest BCUT2D eigenvalue weighted by Gasteiger charge is 2.36. The summed E-state index contributed by atoms with van der Waals surface area (Å²) in [6, 6.07) is 22.7. The van der Waals surface area contributed by atoms with Gasteiger partial charge < -0.3 is 0 Å². The second-order valence-corrected chi connectivity index (χ2v) is 9.44. The number of nitrogens with zero attached hydrogens (tertiary/aromatic N) is 3. The van der Waals surface area contributed by atoms with Crippen molar-refractivity contribution in [3.8, 4) is 16.9 Å². The Morgan fingerprint density at radius 2 is 1.62 bits per heavy atom. The topological polar surface area (TPSA) is 55.2 Å². The van der Waals surface area contributed by atoms with Crippen LogP contribution in [0.3, 0.4) is 0 Å². The van der Waals surface area contributed by atoms with Crippen LogP contribution in [0.2, 0.25) is 5.02 Å². The minimum atomic E-state index is -0.340. The summed E-state index contributed by atoms with van der Waals surface area (Å²) >= 11 is 7.01. The predicted molar refractivity (Wildman–Crippen MR) is 138 cm³/mol. The number of rotatable bonds is 4. The van der Waals surface area contributed by atoms with Crippen LogP contribution in [-0.4, -0.2) is 20.9 Å². The molecule has 2 amide bonds. The molecule has 1 aliphatic rings. The van der Waals surface area contributed by atoms with Crippen molar-refractivity contribution in [2.24, 2.45) is 0 Å². The number of amides is 2. The summed E-state index contributed by atoms with van der Waals surface area (Å²) < 4.78 is 1.77. The third kappa shape index (κ3) is 4.18. The number of para-hydroxylation sites is 1. The number of aryl methyl sites for hydroxylation is 2. The van der Waals surface area contributed by atoms with Gasteiger partial charge in [-0.3, -0.25) is 9.59 Å². The highest BCUT2D eigenvalue weighted by Crippen LogP contribution is 2.37. The van der Waals surface area contributed by atoms with Crippen LogP contribution >= 0.6 is 23.4 Å². The molecule has 0 unspecified atom stereocenters. The van der Waals surface area contributed by atoms with Gasteiger partial charge in [0.15, 0.2) is 0 Å². The van der Waals surface area contributed by atoms with Crippen LogP contribution in [0.25, 0.3) is 23.0 Å². The van der Waals surface area contributed by atoms with Crippen LogP contribution in [-0.2, 0) is 4.79 Å². The Morgan fingerprint density at radius 3 is 2.32 bits per heavy atom. The van der Waals surface area contributed by atoms with Gasteiger partial charge in [0.25, 0.3) is 11.1 Å². The lowest BCUT2D eigenvalue weighted by molar-refractivity contribution is -0.113. The summed E-state index contributed by atoms with van der Waals surface area (Å²) in [6.45, 7) is 3.96. The average Bonchev–Trinajstić information content (AvgIpc) is 3.37. The Balaban J connectivity index is 1.57. The zero-order valence-corrected chi connectivity index (χ0v) is 20.1. The lowest BCUT2D eigenvalue weighted by atomic mass is 10.1. The average molecular weight is 486 g/mol. The normalized spacial score (nSPS) is 14.9. The predicted octanol–water partition coefficient (Wildman–Crippen LogP) is 7.05. The van der Waals surface area contributed by atoms with Crippen molar-refractivity contribution in [3.05, 3.63) is 106 Å². The number of carbonyl (C=O) groups excluding carboxylic acids is 2. The van der Waals surface area contributed by atoms with E-state index in [1.54, 1.807) is 29.0 Å². The lowest BCUT2D eigenvalue weighted by Crippen LogP contribution is -2.27. The number of carbonyl (C=O) groups is 2. The van der Waals surface area contributed by atoms with Crippen LogP contribution in [0.1, 0.15) is 16.7 Å². The molecule has 0 aliphatic carbocycles. The first kappa shape index (κ1) is 22.2. The molecule has 0 radical (unpaired) electrons. The van der Waals surface area contributed by atoms with Crippen LogP contribution < -0.4 is 4.90 Å². The molecule has 0 saturated carbocycles. The van der Waals surface area contributed by atoms with Gasteiger partial charge >= 0.3 is 0 Å². The molecule has 1 saturated heterocycles. The molecule has 0 N–H and O–H groups in total. The van der Waals surface area contributed by atoms with Gasteiger partial charge in [-0.15, -0.1) is 0 Å². The summed E-state index contributed by atoms with van der Waals surface area (Å²) in [5, 5.41) is 5.09. The Hall–Kier alpha value is -3.61. The van der Waals surface area contributed by atoms with E-state index in [1.165, 1.54) is 4.90 Å². The van der Waals surface area contributed by atoms with E-state index in [0.717, 1.165) is 39.7 Å². The number of hydrogen-bond donors (Lipinski definition) is 0. The van der Waals surface area contributed by atoms with Gasteiger partial charge in [0.1, 0.15) is 0 Å². The van der Waals surface area contributed by atoms with Gasteiger partial charge in [-0.2, -0.15) is 5.10 Å². The number of anilines is 1. The third-order valence-electron chi connectivity index (χ3n) is 5.71. The lowest BCUT2D eigenvalue weighted by Gasteiger charge is -2.14. The molecule has 0 atom stereocenters. The van der Waals surface area contributed by atoms with Crippen molar-refractivity contribution in [1.82, 2.24) is 9.78 Å². The molecule has 168 valence electrons. The van der Waals surface area contributed by atoms with E-state index in [2.05, 4.69) is 0 Å². The first-order valence-electron chi connectivity index (χ1n) is 10.7. The molecule has 34 heavy (non-hydrogen) atoms. The number of benzene rings is 3. The molecule has 0 bridgehead atoms. The van der Waals surface area contributed by atoms with Crippen LogP contribution in [0.5, 0.6) is 0 Å². The van der Waals surface area contributed by atoms with E-state index in [0.29, 0.717) is 21.3 Å². The Labute approximate surface area is 206 Å². The second kappa shape index (κ2) is 8.97. The molecule has 4 aromatic rings. The van der Waals surface area contributed by atoms with E-state index < -0.39 is 0 Å². The Morgan fingerprint density at radius 1 is 0.882 bits per heavy atom. The highest BCUT2D eigenvalue weighted by atomic mass is 35.5. The fraction of sp³-hybridized carbons (Fsp3) is 0.0741. The summed E-state index contributed by atoms with van der Waals surface area (Å²) in [5.41, 5.74) is 5.88. The van der Waals surface area contributed by atoms with E-state index in [-0.39, 0.29) is 11.1 Å². The van der Waals surface area contributed by atoms with Crippen LogP contribution in [0.15, 0.2) is 83.9 Å². The molecule has 1 fully saturated rings. The summed E-state index contributed by atoms with van der Waals surface area (Å²) in [6.07, 6.45) is 3.60. The van der Waals surface area contributed by atoms with E-state index in [1.807, 2.05) is 74.6 Å². The van der Waals surface area contributed by atoms with Gasteiger partial charge in [-0.1, -0.05) is 48.0 Å². The standard InChI is InChI=1S/C27H20ClN3O2S/c1-17-8-13-23(14-18(17)2)31-26(32)24(34-27(31)33)15-20-16-30(22-6-4-3-5-7-22)29-25(20)19-9-11-21(28)12-10-19/h3-16H,1-2H3/b24-15-. The molecule has 5 nitrogen and oxygen atoms in total. The van der Waals surface area contributed by atoms with Crippen molar-refractivity contribution < 1.29 is 9.59 Å². The largest absolute Gasteiger partial charge is 0.298 e. The summed E-state index contributed by atoms with van der Waals surface area (Å²) in [4.78, 5) is 27.6. The molecule has 1 aromatic heterocycles. The van der Waals surface area contributed by atoms with Gasteiger partial charge in [-0.25, -0.2) is 9.58 Å². The van der Waals surface area contributed by atoms with Crippen molar-refractivity contribution in [2.75, 3.05) is 4.90 Å². The van der Waals surface area contributed by atoms with Gasteiger partial charge in [-0.05, 0) is 79.2 Å². The van der Waals surface area contributed by atoms with Crippen molar-refractivity contribution in [1.29, 1.82) is 0 Å². The van der Waals surface area contributed by atoms with Crippen molar-refractivity contribution >= 4 is 46.3 Å². The molecule has 2 heterocycles. The smallest absolute Gasteiger partial charge is 0.268 e. The monoisotopic (exact) mass is 485 g/mol. The number of hydrogen-bond acceptors (Lipinski definition) is 4. The number of imide groups is 1. The molecular weight excluding hydrogens is 466 g/mol. The maximum atomic E-state index is 13.3. The quantitative estimate of drug-likeness (QED) is 0.290. The number of aromatic nitrogens is 2. The first-order valence-corrected chi connectivity index (χ1v) is 11.9. The van der Waals surface area contributed by atoms with Crippen LogP contribution in [0, 0.1) is 13.8 Å². The fourth-order valence-corrected chi connectivity index (χ4v) is 4.69. The Kier molecular flexibility index (Phi) is 5.86. The van der Waals surface area contributed by atoms with E-state index >= 15 is 0 Å². The zero-order valence-electron chi connectivity index (χ0n) is 18.5. The molecule has 7 heteroatoms. The van der Waals surface area contributed by atoms with Crippen molar-refractivity contribution in [2.45, 2.75) is 13.8 Å². The molecular formula is C27H20ClN3O2S. The second-order valence-electron chi connectivity index (χ2n) is 8.01. The zero-order chi connectivity index (χ0) is 23.8. The van der Waals surface area contributed by atoms with Gasteiger partial charge in [0.2, 0.25) is 0 Å². The summed E-state index contributed by atoms with van der Waals surface area (Å²) in [7, 11) is 0. The molecule has 0 spiro atoms. The molecule has 5 rings (SSSR count). The minimum absolute atomic E-state index is 0.317. The van der Waals surface area contributed by atoms with E-state index in [4.69, 9.17) is 16.7 Å². The van der Waals surface area contributed by atoms with Gasteiger partial charge in [0, 0.05) is 22.3 Å².